The predicted molar refractivity (Wildman–Crippen MR) is 130 cm³/mol. The van der Waals surface area contributed by atoms with Crippen molar-refractivity contribution in [2.24, 2.45) is 0 Å². The molecule has 0 atom stereocenters. The first-order valence-corrected chi connectivity index (χ1v) is 12.7. The molecule has 2 amide bonds. The molecule has 2 aromatic rings. The molecule has 2 fully saturated rings. The lowest BCUT2D eigenvalue weighted by Crippen LogP contribution is -2.57. The van der Waals surface area contributed by atoms with E-state index in [1.807, 2.05) is 30.1 Å². The van der Waals surface area contributed by atoms with Crippen LogP contribution in [0, 0.1) is 0 Å². The fraction of sp³-hybridized carbons (Fsp3) is 0.500. The number of urea groups is 1. The number of amides is 2. The van der Waals surface area contributed by atoms with Gasteiger partial charge in [-0.1, -0.05) is 18.2 Å². The standard InChI is InChI=1S/C24H28N6O3S/c1-29-23(32)27-17-5-3-2-4-16(17)24(29)8-10-30(11-9-24)22-26-18-14-19(31)34-20(18)21(28-22)25-15-6-12-33-13-7-15/h2-5,15H,6-14H2,1H3,(H,27,32)(H,25,26,28). The summed E-state index contributed by atoms with van der Waals surface area (Å²) < 4.78 is 5.49. The number of piperidine rings is 1. The monoisotopic (exact) mass is 480 g/mol. The van der Waals surface area contributed by atoms with Crippen LogP contribution in [-0.2, 0) is 21.5 Å². The number of thioether (sulfide) groups is 1. The summed E-state index contributed by atoms with van der Waals surface area (Å²) in [5.74, 6) is 1.43. The molecule has 0 radical (unpaired) electrons. The molecule has 4 aliphatic heterocycles. The fourth-order valence-corrected chi connectivity index (χ4v) is 6.40. The Morgan fingerprint density at radius 2 is 1.91 bits per heavy atom. The van der Waals surface area contributed by atoms with Crippen LogP contribution in [0.15, 0.2) is 29.2 Å². The van der Waals surface area contributed by atoms with E-state index < -0.39 is 0 Å². The van der Waals surface area contributed by atoms with Crippen molar-refractivity contribution in [3.63, 3.8) is 0 Å². The third-order valence-corrected chi connectivity index (χ3v) is 8.51. The molecule has 1 aromatic heterocycles. The van der Waals surface area contributed by atoms with Crippen molar-refractivity contribution >= 4 is 40.4 Å². The topological polar surface area (TPSA) is 99.7 Å². The van der Waals surface area contributed by atoms with Crippen molar-refractivity contribution in [3.05, 3.63) is 35.5 Å². The zero-order valence-electron chi connectivity index (χ0n) is 19.2. The van der Waals surface area contributed by atoms with Crippen LogP contribution in [0.4, 0.5) is 22.2 Å². The van der Waals surface area contributed by atoms with Gasteiger partial charge in [-0.15, -0.1) is 0 Å². The second-order valence-corrected chi connectivity index (χ2v) is 10.5. The van der Waals surface area contributed by atoms with Gasteiger partial charge in [0, 0.05) is 50.6 Å². The van der Waals surface area contributed by atoms with Crippen LogP contribution in [0.3, 0.4) is 0 Å². The molecule has 1 aromatic carbocycles. The molecule has 0 saturated carbocycles. The van der Waals surface area contributed by atoms with E-state index in [0.29, 0.717) is 12.4 Å². The minimum Gasteiger partial charge on any atom is -0.381 e. The fourth-order valence-electron chi connectivity index (χ4n) is 5.53. The summed E-state index contributed by atoms with van der Waals surface area (Å²) >= 11 is 1.24. The van der Waals surface area contributed by atoms with E-state index in [0.717, 1.165) is 79.6 Å². The van der Waals surface area contributed by atoms with Crippen molar-refractivity contribution in [1.29, 1.82) is 0 Å². The van der Waals surface area contributed by atoms with Gasteiger partial charge in [-0.3, -0.25) is 4.79 Å². The zero-order valence-corrected chi connectivity index (χ0v) is 20.0. The lowest BCUT2D eigenvalue weighted by atomic mass is 9.77. The number of ether oxygens (including phenoxy) is 1. The van der Waals surface area contributed by atoms with Crippen molar-refractivity contribution in [2.75, 3.05) is 48.9 Å². The number of nitrogens with zero attached hydrogens (tertiary/aromatic N) is 4. The van der Waals surface area contributed by atoms with Crippen LogP contribution in [0.1, 0.15) is 36.9 Å². The number of carbonyl (C=O) groups is 2. The number of hydrogen-bond donors (Lipinski definition) is 2. The van der Waals surface area contributed by atoms with Gasteiger partial charge in [0.1, 0.15) is 5.82 Å². The van der Waals surface area contributed by atoms with Crippen LogP contribution in [-0.4, -0.2) is 65.4 Å². The van der Waals surface area contributed by atoms with Crippen molar-refractivity contribution in [1.82, 2.24) is 14.9 Å². The first kappa shape index (κ1) is 21.7. The average molecular weight is 481 g/mol. The summed E-state index contributed by atoms with van der Waals surface area (Å²) in [6, 6.07) is 8.29. The van der Waals surface area contributed by atoms with Gasteiger partial charge < -0.3 is 25.2 Å². The van der Waals surface area contributed by atoms with Gasteiger partial charge in [-0.25, -0.2) is 9.78 Å². The van der Waals surface area contributed by atoms with Gasteiger partial charge in [0.15, 0.2) is 5.12 Å². The average Bonchev–Trinajstić information content (AvgIpc) is 3.24. The summed E-state index contributed by atoms with van der Waals surface area (Å²) in [7, 11) is 1.88. The Morgan fingerprint density at radius 3 is 2.71 bits per heavy atom. The van der Waals surface area contributed by atoms with E-state index in [2.05, 4.69) is 21.6 Å². The number of carbonyl (C=O) groups excluding carboxylic acids is 2. The quantitative estimate of drug-likeness (QED) is 0.691. The molecule has 2 saturated heterocycles. The van der Waals surface area contributed by atoms with E-state index in [4.69, 9.17) is 14.7 Å². The van der Waals surface area contributed by atoms with E-state index in [9.17, 15) is 9.59 Å². The van der Waals surface area contributed by atoms with Crippen LogP contribution < -0.4 is 15.5 Å². The van der Waals surface area contributed by atoms with Gasteiger partial charge in [0.05, 0.1) is 22.5 Å². The van der Waals surface area contributed by atoms with E-state index >= 15 is 0 Å². The summed E-state index contributed by atoms with van der Waals surface area (Å²) in [6.45, 7) is 2.92. The first-order chi connectivity index (χ1) is 16.5. The molecule has 6 rings (SSSR count). The number of rotatable bonds is 3. The third-order valence-electron chi connectivity index (χ3n) is 7.50. The SMILES string of the molecule is CN1C(=O)Nc2ccccc2C12CCN(c1nc3c(c(NC4CCOCC4)n1)SC(=O)C3)CC2. The number of aromatic nitrogens is 2. The minimum absolute atomic E-state index is 0.0700. The molecule has 0 bridgehead atoms. The molecule has 10 heteroatoms. The molecule has 1 spiro atoms. The summed E-state index contributed by atoms with van der Waals surface area (Å²) in [5.41, 5.74) is 2.53. The Morgan fingerprint density at radius 1 is 1.15 bits per heavy atom. The maximum Gasteiger partial charge on any atom is 0.322 e. The summed E-state index contributed by atoms with van der Waals surface area (Å²) in [4.78, 5) is 39.5. The lowest BCUT2D eigenvalue weighted by molar-refractivity contribution is -0.110. The van der Waals surface area contributed by atoms with Crippen LogP contribution in [0.2, 0.25) is 0 Å². The number of nitrogens with one attached hydrogen (secondary N) is 2. The molecular weight excluding hydrogens is 452 g/mol. The highest BCUT2D eigenvalue weighted by atomic mass is 32.2. The number of anilines is 3. The summed E-state index contributed by atoms with van der Waals surface area (Å²) in [6.07, 6.45) is 3.75. The molecule has 178 valence electrons. The Balaban J connectivity index is 1.28. The molecular formula is C24H28N6O3S. The highest BCUT2D eigenvalue weighted by Crippen LogP contribution is 2.45. The van der Waals surface area contributed by atoms with Gasteiger partial charge in [0.2, 0.25) is 5.95 Å². The van der Waals surface area contributed by atoms with E-state index in [1.165, 1.54) is 11.8 Å². The van der Waals surface area contributed by atoms with Crippen LogP contribution in [0.25, 0.3) is 0 Å². The normalized spacial score (nSPS) is 21.9. The van der Waals surface area contributed by atoms with E-state index in [1.54, 1.807) is 0 Å². The molecule has 5 heterocycles. The Hall–Kier alpha value is -2.85. The van der Waals surface area contributed by atoms with Crippen molar-refractivity contribution < 1.29 is 14.3 Å². The van der Waals surface area contributed by atoms with Gasteiger partial charge >= 0.3 is 6.03 Å². The zero-order chi connectivity index (χ0) is 23.3. The van der Waals surface area contributed by atoms with E-state index in [-0.39, 0.29) is 22.7 Å². The number of fused-ring (bicyclic) bond motifs is 3. The third kappa shape index (κ3) is 3.60. The van der Waals surface area contributed by atoms with Crippen LogP contribution >= 0.6 is 11.8 Å². The predicted octanol–water partition coefficient (Wildman–Crippen LogP) is 3.22. The second-order valence-electron chi connectivity index (χ2n) is 9.38. The van der Waals surface area contributed by atoms with Crippen molar-refractivity contribution in [2.45, 2.75) is 48.6 Å². The van der Waals surface area contributed by atoms with Crippen molar-refractivity contribution in [3.8, 4) is 0 Å². The van der Waals surface area contributed by atoms with Crippen LogP contribution in [0.5, 0.6) is 0 Å². The molecule has 0 unspecified atom stereocenters. The summed E-state index contributed by atoms with van der Waals surface area (Å²) in [5, 5.41) is 6.68. The van der Waals surface area contributed by atoms with Gasteiger partial charge in [-0.2, -0.15) is 4.98 Å². The number of para-hydroxylation sites is 1. The largest absolute Gasteiger partial charge is 0.381 e. The maximum absolute atomic E-state index is 12.7. The number of benzene rings is 1. The molecule has 2 N–H and O–H groups in total. The Bertz CT molecular complexity index is 1140. The first-order valence-electron chi connectivity index (χ1n) is 11.9. The smallest absolute Gasteiger partial charge is 0.322 e. The molecule has 34 heavy (non-hydrogen) atoms. The maximum atomic E-state index is 12.7. The Labute approximate surface area is 202 Å². The Kier molecular flexibility index (Phi) is 5.37. The lowest BCUT2D eigenvalue weighted by Gasteiger charge is -2.50. The highest BCUT2D eigenvalue weighted by molar-refractivity contribution is 8.14. The highest BCUT2D eigenvalue weighted by Gasteiger charge is 2.46. The second kappa shape index (κ2) is 8.42. The molecule has 9 nitrogen and oxygen atoms in total. The minimum atomic E-state index is -0.346. The van der Waals surface area contributed by atoms with Gasteiger partial charge in [-0.05, 0) is 43.5 Å². The molecule has 4 aliphatic rings. The van der Waals surface area contributed by atoms with Gasteiger partial charge in [0.25, 0.3) is 0 Å². The number of hydrogen-bond acceptors (Lipinski definition) is 8. The molecule has 0 aliphatic carbocycles.